The molecule has 3 rings (SSSR count). The maximum Gasteiger partial charge on any atom is 0.0723 e. The van der Waals surface area contributed by atoms with Crippen LogP contribution < -0.4 is 0 Å². The second-order valence-electron chi connectivity index (χ2n) is 6.41. The summed E-state index contributed by atoms with van der Waals surface area (Å²) in [4.78, 5) is 0. The fraction of sp³-hybridized carbons (Fsp3) is 0.474. The molecule has 0 aromatic heterocycles. The Morgan fingerprint density at radius 2 is 2.14 bits per heavy atom. The minimum absolute atomic E-state index is 0.251. The number of ether oxygens (including phenoxy) is 1. The number of rotatable bonds is 3. The first-order valence-electron chi connectivity index (χ1n) is 7.91. The molecule has 1 heterocycles. The van der Waals surface area contributed by atoms with Crippen molar-refractivity contribution in [1.29, 1.82) is 0 Å². The van der Waals surface area contributed by atoms with E-state index in [1.807, 2.05) is 17.8 Å². The highest BCUT2D eigenvalue weighted by atomic mass is 35.5. The smallest absolute Gasteiger partial charge is 0.0723 e. The van der Waals surface area contributed by atoms with Gasteiger partial charge in [0.1, 0.15) is 0 Å². The van der Waals surface area contributed by atoms with Crippen LogP contribution in [0.4, 0.5) is 0 Å². The van der Waals surface area contributed by atoms with E-state index in [1.165, 1.54) is 16.7 Å². The standard InChI is InChI=1S/C19H23ClOS/c1-12-4-5-15(13(2)8-12)11-21-18-9-14(3)22-19-7-6-16(20)10-17(18)19/h4-8,10,14,17-19H,9,11H2,1-3H3/t14-,17-,18+,19-/m0/s1. The van der Waals surface area contributed by atoms with Gasteiger partial charge in [0.2, 0.25) is 0 Å². The van der Waals surface area contributed by atoms with Crippen molar-refractivity contribution in [1.82, 2.24) is 0 Å². The summed E-state index contributed by atoms with van der Waals surface area (Å²) in [5.74, 6) is 0.393. The molecule has 0 unspecified atom stereocenters. The van der Waals surface area contributed by atoms with Crippen molar-refractivity contribution in [2.45, 2.75) is 50.4 Å². The van der Waals surface area contributed by atoms with Crippen LogP contribution >= 0.6 is 23.4 Å². The Balaban J connectivity index is 1.71. The number of allylic oxidation sites excluding steroid dienone is 2. The van der Waals surface area contributed by atoms with E-state index in [1.54, 1.807) is 0 Å². The van der Waals surface area contributed by atoms with E-state index in [4.69, 9.17) is 16.3 Å². The average Bonchev–Trinajstić information content (AvgIpc) is 2.46. The van der Waals surface area contributed by atoms with Crippen LogP contribution in [0.5, 0.6) is 0 Å². The Kier molecular flexibility index (Phi) is 5.01. The van der Waals surface area contributed by atoms with Gasteiger partial charge in [-0.3, -0.25) is 0 Å². The summed E-state index contributed by atoms with van der Waals surface area (Å²) in [5, 5.41) is 1.96. The summed E-state index contributed by atoms with van der Waals surface area (Å²) in [6, 6.07) is 6.57. The lowest BCUT2D eigenvalue weighted by atomic mass is 9.90. The Morgan fingerprint density at radius 1 is 1.32 bits per heavy atom. The van der Waals surface area contributed by atoms with Gasteiger partial charge < -0.3 is 4.74 Å². The van der Waals surface area contributed by atoms with Gasteiger partial charge in [-0.2, -0.15) is 11.8 Å². The highest BCUT2D eigenvalue weighted by Crippen LogP contribution is 2.42. The van der Waals surface area contributed by atoms with Crippen molar-refractivity contribution >= 4 is 23.4 Å². The molecule has 118 valence electrons. The van der Waals surface area contributed by atoms with Crippen LogP contribution in [0.15, 0.2) is 41.5 Å². The molecule has 0 amide bonds. The Morgan fingerprint density at radius 3 is 2.91 bits per heavy atom. The first-order valence-corrected chi connectivity index (χ1v) is 9.23. The minimum atomic E-state index is 0.251. The van der Waals surface area contributed by atoms with Crippen LogP contribution in [-0.2, 0) is 11.3 Å². The van der Waals surface area contributed by atoms with E-state index < -0.39 is 0 Å². The number of benzene rings is 1. The zero-order valence-electron chi connectivity index (χ0n) is 13.4. The molecule has 0 bridgehead atoms. The summed E-state index contributed by atoms with van der Waals surface area (Å²) < 4.78 is 6.33. The average molecular weight is 335 g/mol. The van der Waals surface area contributed by atoms with Gasteiger partial charge in [0.15, 0.2) is 0 Å². The summed E-state index contributed by atoms with van der Waals surface area (Å²) in [7, 11) is 0. The second kappa shape index (κ2) is 6.82. The minimum Gasteiger partial charge on any atom is -0.373 e. The first-order chi connectivity index (χ1) is 10.5. The normalized spacial score (nSPS) is 30.8. The quantitative estimate of drug-likeness (QED) is 0.732. The number of aryl methyl sites for hydroxylation is 2. The molecule has 1 nitrogen and oxygen atoms in total. The van der Waals surface area contributed by atoms with E-state index in [-0.39, 0.29) is 6.10 Å². The lowest BCUT2D eigenvalue weighted by molar-refractivity contribution is 0.00694. The lowest BCUT2D eigenvalue weighted by Gasteiger charge is -2.39. The monoisotopic (exact) mass is 334 g/mol. The molecule has 1 aromatic carbocycles. The van der Waals surface area contributed by atoms with Crippen LogP contribution in [-0.4, -0.2) is 16.6 Å². The van der Waals surface area contributed by atoms with Crippen molar-refractivity contribution in [3.8, 4) is 0 Å². The highest BCUT2D eigenvalue weighted by Gasteiger charge is 2.36. The van der Waals surface area contributed by atoms with Crippen LogP contribution in [0.25, 0.3) is 0 Å². The molecular weight excluding hydrogens is 312 g/mol. The molecule has 1 aliphatic carbocycles. The maximum atomic E-state index is 6.33. The number of halogens is 1. The third-order valence-electron chi connectivity index (χ3n) is 4.51. The van der Waals surface area contributed by atoms with Gasteiger partial charge in [-0.15, -0.1) is 0 Å². The van der Waals surface area contributed by atoms with Crippen molar-refractivity contribution in [3.05, 3.63) is 58.1 Å². The zero-order chi connectivity index (χ0) is 15.7. The molecular formula is C19H23ClOS. The predicted molar refractivity (Wildman–Crippen MR) is 96.5 cm³/mol. The van der Waals surface area contributed by atoms with Crippen molar-refractivity contribution in [2.75, 3.05) is 0 Å². The largest absolute Gasteiger partial charge is 0.373 e. The third-order valence-corrected chi connectivity index (χ3v) is 6.20. The summed E-state index contributed by atoms with van der Waals surface area (Å²) >= 11 is 8.24. The molecule has 1 fully saturated rings. The molecule has 0 spiro atoms. The van der Waals surface area contributed by atoms with Gasteiger partial charge in [-0.1, -0.05) is 54.4 Å². The third kappa shape index (κ3) is 3.61. The molecule has 2 aliphatic rings. The van der Waals surface area contributed by atoms with Gasteiger partial charge in [-0.25, -0.2) is 0 Å². The van der Waals surface area contributed by atoms with E-state index in [0.717, 1.165) is 11.5 Å². The van der Waals surface area contributed by atoms with Crippen LogP contribution in [0.1, 0.15) is 30.0 Å². The molecule has 1 aromatic rings. The van der Waals surface area contributed by atoms with Crippen molar-refractivity contribution < 1.29 is 4.74 Å². The van der Waals surface area contributed by atoms with Gasteiger partial charge in [0.05, 0.1) is 12.7 Å². The highest BCUT2D eigenvalue weighted by molar-refractivity contribution is 8.00. The molecule has 4 atom stereocenters. The van der Waals surface area contributed by atoms with E-state index in [0.29, 0.717) is 23.0 Å². The number of hydrogen-bond donors (Lipinski definition) is 0. The van der Waals surface area contributed by atoms with Crippen LogP contribution in [0.3, 0.4) is 0 Å². The van der Waals surface area contributed by atoms with Crippen molar-refractivity contribution in [2.24, 2.45) is 5.92 Å². The van der Waals surface area contributed by atoms with Gasteiger partial charge in [0, 0.05) is 21.5 Å². The van der Waals surface area contributed by atoms with Gasteiger partial charge in [0.25, 0.3) is 0 Å². The molecule has 22 heavy (non-hydrogen) atoms. The van der Waals surface area contributed by atoms with Crippen molar-refractivity contribution in [3.63, 3.8) is 0 Å². The number of fused-ring (bicyclic) bond motifs is 1. The summed E-state index contributed by atoms with van der Waals surface area (Å²) in [5.41, 5.74) is 3.90. The lowest BCUT2D eigenvalue weighted by Crippen LogP contribution is -2.38. The fourth-order valence-electron chi connectivity index (χ4n) is 3.30. The second-order valence-corrected chi connectivity index (χ2v) is 8.47. The van der Waals surface area contributed by atoms with E-state index in [2.05, 4.69) is 51.1 Å². The Hall–Kier alpha value is -0.700. The Labute approximate surface area is 142 Å². The number of hydrogen-bond acceptors (Lipinski definition) is 2. The summed E-state index contributed by atoms with van der Waals surface area (Å²) in [6.07, 6.45) is 7.78. The molecule has 3 heteroatoms. The summed E-state index contributed by atoms with van der Waals surface area (Å²) in [6.45, 7) is 7.27. The molecule has 0 N–H and O–H groups in total. The topological polar surface area (TPSA) is 9.23 Å². The molecule has 1 saturated heterocycles. The fourth-order valence-corrected chi connectivity index (χ4v) is 4.96. The molecule has 0 saturated carbocycles. The first kappa shape index (κ1) is 16.2. The number of thioether (sulfide) groups is 1. The van der Waals surface area contributed by atoms with E-state index >= 15 is 0 Å². The van der Waals surface area contributed by atoms with Crippen LogP contribution in [0, 0.1) is 19.8 Å². The van der Waals surface area contributed by atoms with E-state index in [9.17, 15) is 0 Å². The molecule has 1 aliphatic heterocycles. The van der Waals surface area contributed by atoms with Gasteiger partial charge >= 0.3 is 0 Å². The Bertz CT molecular complexity index is 607. The molecule has 0 radical (unpaired) electrons. The zero-order valence-corrected chi connectivity index (χ0v) is 15.0. The predicted octanol–water partition coefficient (Wildman–Crippen LogP) is 5.39. The SMILES string of the molecule is Cc1ccc(CO[C@@H]2C[C@H](C)S[C@H]3C=CC(Cl)=C[C@H]32)c(C)c1. The van der Waals surface area contributed by atoms with Gasteiger partial charge in [-0.05, 0) is 37.5 Å². The maximum absolute atomic E-state index is 6.33. The van der Waals surface area contributed by atoms with Crippen LogP contribution in [0.2, 0.25) is 0 Å².